The lowest BCUT2D eigenvalue weighted by atomic mass is 9.75. The molecule has 1 N–H and O–H groups in total. The summed E-state index contributed by atoms with van der Waals surface area (Å²) in [6.07, 6.45) is 2.46. The Balaban J connectivity index is 1.63. The monoisotopic (exact) mass is 291 g/mol. The summed E-state index contributed by atoms with van der Waals surface area (Å²) in [5, 5.41) is 10.1. The van der Waals surface area contributed by atoms with Crippen molar-refractivity contribution in [3.8, 4) is 17.2 Å². The summed E-state index contributed by atoms with van der Waals surface area (Å²) in [6.45, 7) is 10.2. The molecule has 0 amide bonds. The summed E-state index contributed by atoms with van der Waals surface area (Å²) in [5.74, 6) is 2.48. The lowest BCUT2D eigenvalue weighted by Gasteiger charge is -2.38. The average Bonchev–Trinajstić information content (AvgIpc) is 2.86. The maximum Gasteiger partial charge on any atom is 0.231 e. The van der Waals surface area contributed by atoms with E-state index in [4.69, 9.17) is 9.47 Å². The van der Waals surface area contributed by atoms with E-state index in [2.05, 4.69) is 25.7 Å². The summed E-state index contributed by atoms with van der Waals surface area (Å²) >= 11 is 0. The molecule has 2 heterocycles. The molecule has 1 saturated heterocycles. The van der Waals surface area contributed by atoms with Gasteiger partial charge in [-0.25, -0.2) is 0 Å². The van der Waals surface area contributed by atoms with E-state index in [-0.39, 0.29) is 6.79 Å². The summed E-state index contributed by atoms with van der Waals surface area (Å²) in [6, 6.07) is 3.58. The smallest absolute Gasteiger partial charge is 0.231 e. The second-order valence-electron chi connectivity index (χ2n) is 7.25. The molecular weight excluding hydrogens is 266 g/mol. The predicted octanol–water partition coefficient (Wildman–Crippen LogP) is 3.38. The van der Waals surface area contributed by atoms with Gasteiger partial charge in [-0.05, 0) is 43.3 Å². The fourth-order valence-corrected chi connectivity index (χ4v) is 3.30. The van der Waals surface area contributed by atoms with Gasteiger partial charge in [-0.2, -0.15) is 0 Å². The first-order valence-corrected chi connectivity index (χ1v) is 7.77. The zero-order valence-corrected chi connectivity index (χ0v) is 13.2. The minimum Gasteiger partial charge on any atom is -0.507 e. The van der Waals surface area contributed by atoms with Crippen LogP contribution in [0.4, 0.5) is 0 Å². The van der Waals surface area contributed by atoms with Crippen molar-refractivity contribution < 1.29 is 14.6 Å². The third-order valence-electron chi connectivity index (χ3n) is 4.78. The van der Waals surface area contributed by atoms with Gasteiger partial charge in [0.1, 0.15) is 5.75 Å². The van der Waals surface area contributed by atoms with E-state index in [1.54, 1.807) is 6.07 Å². The van der Waals surface area contributed by atoms with Crippen LogP contribution in [0.3, 0.4) is 0 Å². The molecule has 2 aliphatic rings. The van der Waals surface area contributed by atoms with E-state index in [1.165, 1.54) is 12.8 Å². The number of ether oxygens (including phenoxy) is 2. The summed E-state index contributed by atoms with van der Waals surface area (Å²) in [5.41, 5.74) is 1.32. The maximum atomic E-state index is 10.1. The van der Waals surface area contributed by atoms with Crippen LogP contribution in [0.25, 0.3) is 0 Å². The molecule has 0 saturated carbocycles. The van der Waals surface area contributed by atoms with Crippen LogP contribution in [-0.2, 0) is 6.54 Å². The number of piperidine rings is 1. The van der Waals surface area contributed by atoms with Gasteiger partial charge >= 0.3 is 0 Å². The molecule has 1 aromatic rings. The fourth-order valence-electron chi connectivity index (χ4n) is 3.30. The van der Waals surface area contributed by atoms with Crippen molar-refractivity contribution in [3.05, 3.63) is 17.7 Å². The molecule has 0 aliphatic carbocycles. The van der Waals surface area contributed by atoms with E-state index >= 15 is 0 Å². The lowest BCUT2D eigenvalue weighted by molar-refractivity contribution is 0.107. The lowest BCUT2D eigenvalue weighted by Crippen LogP contribution is -2.37. The predicted molar refractivity (Wildman–Crippen MR) is 81.7 cm³/mol. The number of hydrogen-bond donors (Lipinski definition) is 1. The van der Waals surface area contributed by atoms with Gasteiger partial charge in [-0.3, -0.25) is 4.90 Å². The van der Waals surface area contributed by atoms with Gasteiger partial charge in [0.05, 0.1) is 0 Å². The summed E-state index contributed by atoms with van der Waals surface area (Å²) < 4.78 is 10.7. The number of aromatic hydroxyl groups is 1. The van der Waals surface area contributed by atoms with Crippen LogP contribution < -0.4 is 9.47 Å². The van der Waals surface area contributed by atoms with Crippen molar-refractivity contribution in [2.75, 3.05) is 19.9 Å². The first-order chi connectivity index (χ1) is 9.93. The Kier molecular flexibility index (Phi) is 3.74. The Labute approximate surface area is 126 Å². The van der Waals surface area contributed by atoms with Crippen molar-refractivity contribution in [1.82, 2.24) is 4.90 Å². The highest BCUT2D eigenvalue weighted by atomic mass is 16.7. The second-order valence-corrected chi connectivity index (χ2v) is 7.25. The number of likely N-dealkylation sites (tertiary alicyclic amines) is 1. The molecular formula is C17H25NO3. The second kappa shape index (κ2) is 5.41. The summed E-state index contributed by atoms with van der Waals surface area (Å²) in [4.78, 5) is 2.42. The third kappa shape index (κ3) is 3.10. The van der Waals surface area contributed by atoms with Gasteiger partial charge in [0.2, 0.25) is 6.79 Å². The highest BCUT2D eigenvalue weighted by molar-refractivity contribution is 5.51. The molecule has 3 rings (SSSR count). The van der Waals surface area contributed by atoms with Gasteiger partial charge in [-0.1, -0.05) is 20.8 Å². The first kappa shape index (κ1) is 14.5. The van der Waals surface area contributed by atoms with E-state index in [0.717, 1.165) is 36.9 Å². The number of benzene rings is 1. The Morgan fingerprint density at radius 2 is 1.76 bits per heavy atom. The van der Waals surface area contributed by atoms with Crippen LogP contribution >= 0.6 is 0 Å². The van der Waals surface area contributed by atoms with E-state index in [1.807, 2.05) is 6.07 Å². The zero-order chi connectivity index (χ0) is 15.0. The molecule has 0 spiro atoms. The Morgan fingerprint density at radius 1 is 1.14 bits per heavy atom. The Morgan fingerprint density at radius 3 is 2.38 bits per heavy atom. The van der Waals surface area contributed by atoms with Gasteiger partial charge < -0.3 is 14.6 Å². The van der Waals surface area contributed by atoms with Crippen molar-refractivity contribution >= 4 is 0 Å². The number of hydrogen-bond acceptors (Lipinski definition) is 4. The van der Waals surface area contributed by atoms with E-state index in [0.29, 0.717) is 16.9 Å². The normalized spacial score (nSPS) is 20.0. The van der Waals surface area contributed by atoms with Crippen molar-refractivity contribution in [1.29, 1.82) is 0 Å². The van der Waals surface area contributed by atoms with Crippen LogP contribution in [0.2, 0.25) is 0 Å². The third-order valence-corrected chi connectivity index (χ3v) is 4.78. The number of nitrogens with zero attached hydrogens (tertiary/aromatic N) is 1. The molecule has 0 atom stereocenters. The molecule has 0 aromatic heterocycles. The highest BCUT2D eigenvalue weighted by Crippen LogP contribution is 2.39. The van der Waals surface area contributed by atoms with Crippen LogP contribution in [0.15, 0.2) is 12.1 Å². The Bertz CT molecular complexity index is 514. The molecule has 1 aromatic carbocycles. The Hall–Kier alpha value is -1.42. The number of rotatable bonds is 2. The maximum absolute atomic E-state index is 10.1. The molecule has 4 nitrogen and oxygen atoms in total. The number of fused-ring (bicyclic) bond motifs is 1. The van der Waals surface area contributed by atoms with Crippen molar-refractivity contribution in [2.45, 2.75) is 40.2 Å². The first-order valence-electron chi connectivity index (χ1n) is 7.77. The van der Waals surface area contributed by atoms with Crippen LogP contribution in [0.5, 0.6) is 17.2 Å². The minimum absolute atomic E-state index is 0.245. The van der Waals surface area contributed by atoms with Crippen LogP contribution in [-0.4, -0.2) is 29.9 Å². The highest BCUT2D eigenvalue weighted by Gasteiger charge is 2.29. The average molecular weight is 291 g/mol. The number of phenolic OH excluding ortho intramolecular Hbond substituents is 1. The fraction of sp³-hybridized carbons (Fsp3) is 0.647. The van der Waals surface area contributed by atoms with Crippen molar-refractivity contribution in [2.24, 2.45) is 11.3 Å². The molecule has 116 valence electrons. The van der Waals surface area contributed by atoms with Crippen LogP contribution in [0.1, 0.15) is 39.2 Å². The van der Waals surface area contributed by atoms with E-state index in [9.17, 15) is 5.11 Å². The molecule has 21 heavy (non-hydrogen) atoms. The van der Waals surface area contributed by atoms with Crippen LogP contribution in [0, 0.1) is 11.3 Å². The number of phenols is 1. The molecule has 0 radical (unpaired) electrons. The SMILES string of the molecule is CC(C)(C)C1CCN(Cc2cc3c(cc2O)OCO3)CC1. The molecule has 2 aliphatic heterocycles. The largest absolute Gasteiger partial charge is 0.507 e. The van der Waals surface area contributed by atoms with Crippen molar-refractivity contribution in [3.63, 3.8) is 0 Å². The van der Waals surface area contributed by atoms with Gasteiger partial charge in [-0.15, -0.1) is 0 Å². The van der Waals surface area contributed by atoms with Gasteiger partial charge in [0.15, 0.2) is 11.5 Å². The molecule has 4 heteroatoms. The topological polar surface area (TPSA) is 41.9 Å². The molecule has 0 bridgehead atoms. The standard InChI is InChI=1S/C17H25NO3/c1-17(2,3)13-4-6-18(7-5-13)10-12-8-15-16(9-14(12)19)21-11-20-15/h8-9,13,19H,4-7,10-11H2,1-3H3. The summed E-state index contributed by atoms with van der Waals surface area (Å²) in [7, 11) is 0. The van der Waals surface area contributed by atoms with Gasteiger partial charge in [0.25, 0.3) is 0 Å². The van der Waals surface area contributed by atoms with Gasteiger partial charge in [0, 0.05) is 18.2 Å². The zero-order valence-electron chi connectivity index (χ0n) is 13.2. The quantitative estimate of drug-likeness (QED) is 0.907. The molecule has 1 fully saturated rings. The van der Waals surface area contributed by atoms with E-state index < -0.39 is 0 Å². The minimum atomic E-state index is 0.245. The molecule has 0 unspecified atom stereocenters.